The molecule has 2 rings (SSSR count). The van der Waals surface area contributed by atoms with Crippen LogP contribution in [0, 0.1) is 0 Å². The van der Waals surface area contributed by atoms with Crippen molar-refractivity contribution in [2.24, 2.45) is 0 Å². The van der Waals surface area contributed by atoms with Crippen LogP contribution in [-0.4, -0.2) is 36.5 Å². The van der Waals surface area contributed by atoms with E-state index in [2.05, 4.69) is 17.5 Å². The summed E-state index contributed by atoms with van der Waals surface area (Å²) in [6.45, 7) is 2.43. The molecule has 0 bridgehead atoms. The predicted octanol–water partition coefficient (Wildman–Crippen LogP) is 1.31. The molecule has 1 fully saturated rings. The van der Waals surface area contributed by atoms with Gasteiger partial charge >= 0.3 is 0 Å². The molecule has 2 aliphatic rings. The lowest BCUT2D eigenvalue weighted by molar-refractivity contribution is -0.129. The van der Waals surface area contributed by atoms with Gasteiger partial charge in [-0.3, -0.25) is 4.79 Å². The van der Waals surface area contributed by atoms with Crippen molar-refractivity contribution < 1.29 is 4.79 Å². The Kier molecular flexibility index (Phi) is 3.78. The number of rotatable bonds is 3. The van der Waals surface area contributed by atoms with Crippen molar-refractivity contribution in [3.8, 4) is 0 Å². The van der Waals surface area contributed by atoms with Crippen molar-refractivity contribution >= 4 is 5.91 Å². The van der Waals surface area contributed by atoms with Crippen molar-refractivity contribution in [2.45, 2.75) is 38.1 Å². The van der Waals surface area contributed by atoms with Crippen molar-refractivity contribution in [1.29, 1.82) is 0 Å². The van der Waals surface area contributed by atoms with Crippen LogP contribution in [0.2, 0.25) is 0 Å². The summed E-state index contributed by atoms with van der Waals surface area (Å²) in [4.78, 5) is 13.7. The summed E-state index contributed by atoms with van der Waals surface area (Å²) < 4.78 is 0. The largest absolute Gasteiger partial charge is 0.342 e. The van der Waals surface area contributed by atoms with E-state index < -0.39 is 0 Å². The van der Waals surface area contributed by atoms with Crippen molar-refractivity contribution in [3.63, 3.8) is 0 Å². The van der Waals surface area contributed by atoms with E-state index in [1.165, 1.54) is 32.1 Å². The summed E-state index contributed by atoms with van der Waals surface area (Å²) in [6.07, 6.45) is 10.4. The zero-order valence-electron chi connectivity index (χ0n) is 9.24. The molecule has 1 atom stereocenters. The Morgan fingerprint density at radius 1 is 1.33 bits per heavy atom. The fraction of sp³-hybridized carbons (Fsp3) is 0.750. The highest BCUT2D eigenvalue weighted by Crippen LogP contribution is 2.10. The Bertz CT molecular complexity index is 244. The van der Waals surface area contributed by atoms with Crippen LogP contribution in [0.25, 0.3) is 0 Å². The van der Waals surface area contributed by atoms with Crippen molar-refractivity contribution in [2.75, 3.05) is 19.6 Å². The third-order valence-corrected chi connectivity index (χ3v) is 3.23. The number of hydrogen-bond donors (Lipinski definition) is 1. The van der Waals surface area contributed by atoms with Gasteiger partial charge in [-0.1, -0.05) is 12.2 Å². The number of nitrogens with zero attached hydrogens (tertiary/aromatic N) is 1. The monoisotopic (exact) mass is 208 g/mol. The van der Waals surface area contributed by atoms with E-state index in [-0.39, 0.29) is 5.91 Å². The quantitative estimate of drug-likeness (QED) is 0.709. The summed E-state index contributed by atoms with van der Waals surface area (Å²) in [7, 11) is 0. The second-order valence-corrected chi connectivity index (χ2v) is 4.43. The third kappa shape index (κ3) is 3.06. The highest BCUT2D eigenvalue weighted by molar-refractivity contribution is 5.78. The first kappa shape index (κ1) is 10.7. The van der Waals surface area contributed by atoms with E-state index >= 15 is 0 Å². The number of hydrogen-bond acceptors (Lipinski definition) is 2. The normalized spacial score (nSPS) is 25.9. The third-order valence-electron chi connectivity index (χ3n) is 3.23. The van der Waals surface area contributed by atoms with Gasteiger partial charge in [-0.2, -0.15) is 0 Å². The SMILES string of the molecule is O=C(CNC1C=CCCC1)N1CCCC1. The second-order valence-electron chi connectivity index (χ2n) is 4.43. The highest BCUT2D eigenvalue weighted by Gasteiger charge is 2.18. The lowest BCUT2D eigenvalue weighted by Gasteiger charge is -2.20. The molecule has 84 valence electrons. The van der Waals surface area contributed by atoms with Crippen molar-refractivity contribution in [3.05, 3.63) is 12.2 Å². The molecule has 1 heterocycles. The molecular weight excluding hydrogens is 188 g/mol. The van der Waals surface area contributed by atoms with Gasteiger partial charge in [0.05, 0.1) is 6.54 Å². The molecule has 0 radical (unpaired) electrons. The number of amides is 1. The molecule has 3 heteroatoms. The molecule has 1 N–H and O–H groups in total. The highest BCUT2D eigenvalue weighted by atomic mass is 16.2. The Morgan fingerprint density at radius 3 is 2.80 bits per heavy atom. The lowest BCUT2D eigenvalue weighted by Crippen LogP contribution is -2.40. The number of likely N-dealkylation sites (tertiary alicyclic amines) is 1. The molecular formula is C12H20N2O. The fourth-order valence-corrected chi connectivity index (χ4v) is 2.28. The first-order valence-electron chi connectivity index (χ1n) is 6.04. The first-order chi connectivity index (χ1) is 7.36. The molecule has 1 aliphatic carbocycles. The van der Waals surface area contributed by atoms with Crippen LogP contribution in [0.4, 0.5) is 0 Å². The van der Waals surface area contributed by atoms with Crippen LogP contribution < -0.4 is 5.32 Å². The summed E-state index contributed by atoms with van der Waals surface area (Å²) in [5.41, 5.74) is 0. The van der Waals surface area contributed by atoms with Crippen LogP contribution in [0.5, 0.6) is 0 Å². The van der Waals surface area contributed by atoms with E-state index in [4.69, 9.17) is 0 Å². The van der Waals surface area contributed by atoms with Crippen LogP contribution in [0.15, 0.2) is 12.2 Å². The Morgan fingerprint density at radius 2 is 2.13 bits per heavy atom. The van der Waals surface area contributed by atoms with E-state index in [1.54, 1.807) is 0 Å². The summed E-state index contributed by atoms with van der Waals surface area (Å²) in [5, 5.41) is 3.32. The molecule has 1 amide bonds. The van der Waals surface area contributed by atoms with Crippen LogP contribution in [-0.2, 0) is 4.79 Å². The number of allylic oxidation sites excluding steroid dienone is 1. The number of nitrogens with one attached hydrogen (secondary N) is 1. The van der Waals surface area contributed by atoms with Crippen LogP contribution in [0.1, 0.15) is 32.1 Å². The van der Waals surface area contributed by atoms with Gasteiger partial charge in [-0.25, -0.2) is 0 Å². The Labute approximate surface area is 91.5 Å². The molecule has 0 spiro atoms. The smallest absolute Gasteiger partial charge is 0.236 e. The van der Waals surface area contributed by atoms with E-state index in [0.717, 1.165) is 13.1 Å². The summed E-state index contributed by atoms with van der Waals surface area (Å²) in [6, 6.07) is 0.422. The van der Waals surface area contributed by atoms with Gasteiger partial charge in [0.15, 0.2) is 0 Å². The van der Waals surface area contributed by atoms with E-state index in [1.807, 2.05) is 4.90 Å². The van der Waals surface area contributed by atoms with E-state index in [0.29, 0.717) is 12.6 Å². The summed E-state index contributed by atoms with van der Waals surface area (Å²) in [5.74, 6) is 0.270. The predicted molar refractivity (Wildman–Crippen MR) is 60.6 cm³/mol. The number of carbonyl (C=O) groups excluding carboxylic acids is 1. The summed E-state index contributed by atoms with van der Waals surface area (Å²) >= 11 is 0. The van der Waals surface area contributed by atoms with Crippen molar-refractivity contribution in [1.82, 2.24) is 10.2 Å². The molecule has 3 nitrogen and oxygen atoms in total. The minimum absolute atomic E-state index is 0.270. The van der Waals surface area contributed by atoms with Gasteiger partial charge in [0.25, 0.3) is 0 Å². The maximum absolute atomic E-state index is 11.7. The molecule has 0 aromatic carbocycles. The van der Waals surface area contributed by atoms with Gasteiger partial charge in [0, 0.05) is 19.1 Å². The zero-order chi connectivity index (χ0) is 10.5. The molecule has 0 saturated carbocycles. The number of carbonyl (C=O) groups is 1. The van der Waals surface area contributed by atoms with Gasteiger partial charge in [0.2, 0.25) is 5.91 Å². The molecule has 1 unspecified atom stereocenters. The standard InChI is InChI=1S/C12H20N2O/c15-12(14-8-4-5-9-14)10-13-11-6-2-1-3-7-11/h2,6,11,13H,1,3-5,7-10H2. The zero-order valence-corrected chi connectivity index (χ0v) is 9.24. The Hall–Kier alpha value is -0.830. The van der Waals surface area contributed by atoms with Crippen LogP contribution in [0.3, 0.4) is 0 Å². The van der Waals surface area contributed by atoms with Gasteiger partial charge in [-0.05, 0) is 32.1 Å². The van der Waals surface area contributed by atoms with Crippen LogP contribution >= 0.6 is 0 Å². The molecule has 1 saturated heterocycles. The van der Waals surface area contributed by atoms with Gasteiger partial charge < -0.3 is 10.2 Å². The topological polar surface area (TPSA) is 32.3 Å². The second kappa shape index (κ2) is 5.31. The van der Waals surface area contributed by atoms with E-state index in [9.17, 15) is 4.79 Å². The minimum Gasteiger partial charge on any atom is -0.342 e. The maximum atomic E-state index is 11.7. The average molecular weight is 208 g/mol. The molecule has 0 aromatic heterocycles. The fourth-order valence-electron chi connectivity index (χ4n) is 2.28. The molecule has 0 aromatic rings. The Balaban J connectivity index is 1.70. The molecule has 1 aliphatic heterocycles. The van der Waals surface area contributed by atoms with Gasteiger partial charge in [-0.15, -0.1) is 0 Å². The minimum atomic E-state index is 0.270. The van der Waals surface area contributed by atoms with Gasteiger partial charge in [0.1, 0.15) is 0 Å². The maximum Gasteiger partial charge on any atom is 0.236 e. The average Bonchev–Trinajstić information content (AvgIpc) is 2.81. The first-order valence-corrected chi connectivity index (χ1v) is 6.04. The molecule has 15 heavy (non-hydrogen) atoms. The lowest BCUT2D eigenvalue weighted by atomic mass is 10.0.